The first-order valence-electron chi connectivity index (χ1n) is 9.87. The smallest absolute Gasteiger partial charge is 0.309 e. The van der Waals surface area contributed by atoms with E-state index < -0.39 is 17.3 Å². The molecule has 4 saturated carbocycles. The van der Waals surface area contributed by atoms with Crippen molar-refractivity contribution in [2.24, 2.45) is 39.4 Å². The number of carbonyl (C=O) groups excluding carboxylic acids is 2. The van der Waals surface area contributed by atoms with Crippen molar-refractivity contribution in [1.29, 1.82) is 0 Å². The summed E-state index contributed by atoms with van der Waals surface area (Å²) in [7, 11) is 0. The van der Waals surface area contributed by atoms with Gasteiger partial charge in [0.15, 0.2) is 0 Å². The normalized spacial score (nSPS) is 54.5. The van der Waals surface area contributed by atoms with Crippen molar-refractivity contribution < 1.29 is 19.5 Å². The van der Waals surface area contributed by atoms with Crippen molar-refractivity contribution in [3.05, 3.63) is 0 Å². The quantitative estimate of drug-likeness (QED) is 0.608. The molecule has 0 saturated heterocycles. The molecule has 0 heterocycles. The first kappa shape index (κ1) is 17.2. The van der Waals surface area contributed by atoms with Crippen LogP contribution in [0, 0.1) is 39.4 Å². The van der Waals surface area contributed by atoms with E-state index in [4.69, 9.17) is 0 Å². The number of Topliss-reactive ketones (excluding diaryl/α,β-unsaturated/α-hetero) is 1. The Labute approximate surface area is 149 Å². The van der Waals surface area contributed by atoms with Crippen LogP contribution in [0.3, 0.4) is 0 Å². The summed E-state index contributed by atoms with van der Waals surface area (Å²) < 4.78 is 0. The molecule has 0 amide bonds. The predicted octanol–water partition coefficient (Wildman–Crippen LogP) is 3.87. The Bertz CT molecular complexity index is 656. The highest BCUT2D eigenvalue weighted by molar-refractivity contribution is 6.00. The molecule has 138 valence electrons. The number of carboxylic acid groups (broad SMARTS) is 1. The molecule has 0 aromatic rings. The van der Waals surface area contributed by atoms with Gasteiger partial charge < -0.3 is 9.90 Å². The zero-order chi connectivity index (χ0) is 18.3. The summed E-state index contributed by atoms with van der Waals surface area (Å²) in [5, 5.41) is 9.95. The Morgan fingerprint density at radius 1 is 1.08 bits per heavy atom. The third kappa shape index (κ3) is 1.86. The molecular weight excluding hydrogens is 316 g/mol. The fraction of sp³-hybridized carbons (Fsp3) is 0.857. The van der Waals surface area contributed by atoms with Crippen molar-refractivity contribution in [3.63, 3.8) is 0 Å². The fourth-order valence-electron chi connectivity index (χ4n) is 8.11. The van der Waals surface area contributed by atoms with Crippen molar-refractivity contribution in [2.75, 3.05) is 0 Å². The summed E-state index contributed by atoms with van der Waals surface area (Å²) in [4.78, 5) is 37.0. The first-order chi connectivity index (χ1) is 11.6. The number of fused-ring (bicyclic) bond motifs is 3. The third-order valence-corrected chi connectivity index (χ3v) is 9.19. The molecule has 2 bridgehead atoms. The van der Waals surface area contributed by atoms with Crippen LogP contribution in [-0.2, 0) is 14.4 Å². The summed E-state index contributed by atoms with van der Waals surface area (Å²) in [6.07, 6.45) is 7.96. The minimum Gasteiger partial charge on any atom is -0.481 e. The van der Waals surface area contributed by atoms with Crippen LogP contribution in [0.5, 0.6) is 0 Å². The number of hydrogen-bond acceptors (Lipinski definition) is 3. The Kier molecular flexibility index (Phi) is 3.41. The van der Waals surface area contributed by atoms with Gasteiger partial charge in [-0.1, -0.05) is 20.3 Å². The largest absolute Gasteiger partial charge is 0.481 e. The highest BCUT2D eigenvalue weighted by Crippen LogP contribution is 2.74. The lowest BCUT2D eigenvalue weighted by molar-refractivity contribution is -0.187. The van der Waals surface area contributed by atoms with Gasteiger partial charge in [0.2, 0.25) is 0 Å². The zero-order valence-electron chi connectivity index (χ0n) is 15.6. The average molecular weight is 346 g/mol. The lowest BCUT2D eigenvalue weighted by atomic mass is 9.39. The molecule has 4 heteroatoms. The van der Waals surface area contributed by atoms with Gasteiger partial charge in [0, 0.05) is 5.41 Å². The van der Waals surface area contributed by atoms with Gasteiger partial charge in [-0.25, -0.2) is 0 Å². The second-order valence-electron chi connectivity index (χ2n) is 10.2. The average Bonchev–Trinajstić information content (AvgIpc) is 2.69. The molecule has 0 aromatic heterocycles. The van der Waals surface area contributed by atoms with E-state index in [2.05, 4.69) is 6.92 Å². The fourth-order valence-corrected chi connectivity index (χ4v) is 8.11. The van der Waals surface area contributed by atoms with Gasteiger partial charge >= 0.3 is 5.97 Å². The summed E-state index contributed by atoms with van der Waals surface area (Å²) in [5.41, 5.74) is -1.30. The standard InChI is InChI=1S/C21H30O4/c1-18-9-5-15-19(2)7-4-8-20(3,17(24)25)14(19)6-10-21(15,12-18)13(11-22)16(18)23/h11,13-15H,4-10,12H2,1-3H3,(H,24,25)/t13-,14+,15+,18+,19-,20-,21?/m1/s1. The highest BCUT2D eigenvalue weighted by atomic mass is 16.4. The molecule has 4 aliphatic rings. The van der Waals surface area contributed by atoms with E-state index in [1.54, 1.807) is 0 Å². The topological polar surface area (TPSA) is 71.4 Å². The molecule has 4 aliphatic carbocycles. The Morgan fingerprint density at radius 3 is 2.40 bits per heavy atom. The lowest BCUT2D eigenvalue weighted by Crippen LogP contribution is -2.59. The van der Waals surface area contributed by atoms with E-state index in [-0.39, 0.29) is 27.9 Å². The minimum absolute atomic E-state index is 0.0726. The lowest BCUT2D eigenvalue weighted by Gasteiger charge is -2.64. The number of carboxylic acids is 1. The number of aliphatic carboxylic acids is 1. The monoisotopic (exact) mass is 346 g/mol. The van der Waals surface area contributed by atoms with Crippen LogP contribution in [0.4, 0.5) is 0 Å². The van der Waals surface area contributed by atoms with Crippen LogP contribution in [0.1, 0.15) is 72.1 Å². The molecule has 1 unspecified atom stereocenters. The van der Waals surface area contributed by atoms with Crippen LogP contribution >= 0.6 is 0 Å². The maximum atomic E-state index is 13.0. The molecule has 0 radical (unpaired) electrons. The van der Waals surface area contributed by atoms with Crippen molar-refractivity contribution in [2.45, 2.75) is 72.1 Å². The Balaban J connectivity index is 1.81. The van der Waals surface area contributed by atoms with E-state index in [0.29, 0.717) is 5.92 Å². The molecule has 1 N–H and O–H groups in total. The van der Waals surface area contributed by atoms with Crippen molar-refractivity contribution >= 4 is 18.0 Å². The molecular formula is C21H30O4. The number of aldehydes is 1. The van der Waals surface area contributed by atoms with E-state index >= 15 is 0 Å². The molecule has 4 nitrogen and oxygen atoms in total. The van der Waals surface area contributed by atoms with Crippen LogP contribution in [0.15, 0.2) is 0 Å². The maximum Gasteiger partial charge on any atom is 0.309 e. The van der Waals surface area contributed by atoms with Gasteiger partial charge in [0.25, 0.3) is 0 Å². The summed E-state index contributed by atoms with van der Waals surface area (Å²) in [5.74, 6) is -0.541. The Morgan fingerprint density at radius 2 is 1.76 bits per heavy atom. The Hall–Kier alpha value is -1.19. The van der Waals surface area contributed by atoms with E-state index in [9.17, 15) is 19.5 Å². The number of hydrogen-bond donors (Lipinski definition) is 1. The van der Waals surface area contributed by atoms with Crippen LogP contribution in [0.2, 0.25) is 0 Å². The van der Waals surface area contributed by atoms with E-state index in [1.807, 2.05) is 13.8 Å². The first-order valence-corrected chi connectivity index (χ1v) is 9.87. The molecule has 4 fully saturated rings. The second-order valence-corrected chi connectivity index (χ2v) is 10.2. The molecule has 25 heavy (non-hydrogen) atoms. The molecule has 0 aromatic carbocycles. The number of rotatable bonds is 2. The van der Waals surface area contributed by atoms with Crippen molar-refractivity contribution in [3.8, 4) is 0 Å². The maximum absolute atomic E-state index is 13.0. The summed E-state index contributed by atoms with van der Waals surface area (Å²) in [6.45, 7) is 6.25. The molecule has 7 atom stereocenters. The molecule has 4 rings (SSSR count). The van der Waals surface area contributed by atoms with Gasteiger partial charge in [-0.05, 0) is 74.5 Å². The zero-order valence-corrected chi connectivity index (χ0v) is 15.6. The number of carbonyl (C=O) groups is 3. The molecule has 1 spiro atoms. The van der Waals surface area contributed by atoms with Gasteiger partial charge in [-0.2, -0.15) is 0 Å². The van der Waals surface area contributed by atoms with E-state index in [1.165, 1.54) is 0 Å². The van der Waals surface area contributed by atoms with Crippen LogP contribution in [-0.4, -0.2) is 23.1 Å². The summed E-state index contributed by atoms with van der Waals surface area (Å²) >= 11 is 0. The predicted molar refractivity (Wildman–Crippen MR) is 92.9 cm³/mol. The van der Waals surface area contributed by atoms with Gasteiger partial charge in [-0.3, -0.25) is 9.59 Å². The number of ketones is 1. The minimum atomic E-state index is -0.672. The van der Waals surface area contributed by atoms with Crippen LogP contribution < -0.4 is 0 Å². The third-order valence-electron chi connectivity index (χ3n) is 9.19. The SMILES string of the molecule is C[C@]12CC[C@@H]3C(CC[C@H]4[C@@]3(C)CCC[C@@]4(C)C(=O)O)(C1)[C@H](C=O)C2=O. The van der Waals surface area contributed by atoms with Crippen LogP contribution in [0.25, 0.3) is 0 Å². The second kappa shape index (κ2) is 4.95. The van der Waals surface area contributed by atoms with Gasteiger partial charge in [0.1, 0.15) is 12.1 Å². The molecule has 0 aliphatic heterocycles. The summed E-state index contributed by atoms with van der Waals surface area (Å²) in [6, 6.07) is 0. The van der Waals surface area contributed by atoms with Crippen molar-refractivity contribution in [1.82, 2.24) is 0 Å². The van der Waals surface area contributed by atoms with Gasteiger partial charge in [-0.15, -0.1) is 0 Å². The van der Waals surface area contributed by atoms with E-state index in [0.717, 1.165) is 57.7 Å². The van der Waals surface area contributed by atoms with Gasteiger partial charge in [0.05, 0.1) is 11.3 Å². The highest BCUT2D eigenvalue weighted by Gasteiger charge is 2.71.